The number of hydrogen-bond acceptors (Lipinski definition) is 3. The monoisotopic (exact) mass is 234 g/mol. The summed E-state index contributed by atoms with van der Waals surface area (Å²) in [6.45, 7) is 1.80. The van der Waals surface area contributed by atoms with Gasteiger partial charge in [-0.3, -0.25) is 4.79 Å². The standard InChI is InChI=1S/C13H18N2O2/c1-17-12-6-4-11(5-7-12)15-13(16)10-3-2-8-14-9-10/h4-7,10,14H,2-3,8-9H2,1H3,(H,15,16). The highest BCUT2D eigenvalue weighted by Gasteiger charge is 2.20. The summed E-state index contributed by atoms with van der Waals surface area (Å²) in [5.74, 6) is 0.982. The number of rotatable bonds is 3. The molecule has 1 fully saturated rings. The number of piperidine rings is 1. The molecule has 0 saturated carbocycles. The Bertz CT molecular complexity index is 370. The van der Waals surface area contributed by atoms with Crippen molar-refractivity contribution in [3.63, 3.8) is 0 Å². The van der Waals surface area contributed by atoms with Gasteiger partial charge in [0, 0.05) is 12.2 Å². The summed E-state index contributed by atoms with van der Waals surface area (Å²) in [7, 11) is 1.63. The molecule has 1 unspecified atom stereocenters. The Morgan fingerprint density at radius 2 is 2.18 bits per heavy atom. The predicted molar refractivity (Wildman–Crippen MR) is 67.2 cm³/mol. The van der Waals surface area contributed by atoms with Crippen molar-refractivity contribution in [2.45, 2.75) is 12.8 Å². The van der Waals surface area contributed by atoms with E-state index in [9.17, 15) is 4.79 Å². The van der Waals surface area contributed by atoms with Crippen LogP contribution in [0, 0.1) is 5.92 Å². The summed E-state index contributed by atoms with van der Waals surface area (Å²) in [6, 6.07) is 7.39. The minimum atomic E-state index is 0.0888. The molecule has 0 radical (unpaired) electrons. The highest BCUT2D eigenvalue weighted by atomic mass is 16.5. The van der Waals surface area contributed by atoms with Crippen molar-refractivity contribution in [3.8, 4) is 5.75 Å². The van der Waals surface area contributed by atoms with Gasteiger partial charge in [0.2, 0.25) is 5.91 Å². The van der Waals surface area contributed by atoms with Gasteiger partial charge in [0.05, 0.1) is 13.0 Å². The van der Waals surface area contributed by atoms with Gasteiger partial charge in [-0.15, -0.1) is 0 Å². The quantitative estimate of drug-likeness (QED) is 0.835. The number of ether oxygens (including phenoxy) is 1. The Kier molecular flexibility index (Phi) is 3.98. The first-order valence-corrected chi connectivity index (χ1v) is 5.95. The summed E-state index contributed by atoms with van der Waals surface area (Å²) < 4.78 is 5.07. The Morgan fingerprint density at radius 1 is 1.41 bits per heavy atom. The Hall–Kier alpha value is -1.55. The molecule has 2 N–H and O–H groups in total. The molecular weight excluding hydrogens is 216 g/mol. The molecule has 4 heteroatoms. The number of carbonyl (C=O) groups excluding carboxylic acids is 1. The van der Waals surface area contributed by atoms with Crippen LogP contribution >= 0.6 is 0 Å². The number of hydrogen-bond donors (Lipinski definition) is 2. The van der Waals surface area contributed by atoms with Crippen molar-refractivity contribution >= 4 is 11.6 Å². The van der Waals surface area contributed by atoms with Crippen LogP contribution in [-0.2, 0) is 4.79 Å². The van der Waals surface area contributed by atoms with Gasteiger partial charge in [-0.1, -0.05) is 0 Å². The van der Waals surface area contributed by atoms with Gasteiger partial charge in [0.1, 0.15) is 5.75 Å². The van der Waals surface area contributed by atoms with Crippen LogP contribution in [-0.4, -0.2) is 26.1 Å². The molecule has 92 valence electrons. The van der Waals surface area contributed by atoms with E-state index >= 15 is 0 Å². The maximum atomic E-state index is 11.9. The number of benzene rings is 1. The molecule has 1 aliphatic heterocycles. The second-order valence-electron chi connectivity index (χ2n) is 4.26. The smallest absolute Gasteiger partial charge is 0.228 e. The van der Waals surface area contributed by atoms with Gasteiger partial charge in [-0.05, 0) is 43.7 Å². The zero-order chi connectivity index (χ0) is 12.1. The fraction of sp³-hybridized carbons (Fsp3) is 0.462. The maximum Gasteiger partial charge on any atom is 0.228 e. The maximum absolute atomic E-state index is 11.9. The zero-order valence-electron chi connectivity index (χ0n) is 10.0. The van der Waals surface area contributed by atoms with Gasteiger partial charge in [0.15, 0.2) is 0 Å². The fourth-order valence-electron chi connectivity index (χ4n) is 1.99. The first-order valence-electron chi connectivity index (χ1n) is 5.95. The van der Waals surface area contributed by atoms with Gasteiger partial charge in [-0.2, -0.15) is 0 Å². The van der Waals surface area contributed by atoms with E-state index in [1.165, 1.54) is 0 Å². The van der Waals surface area contributed by atoms with Crippen LogP contribution < -0.4 is 15.4 Å². The number of methoxy groups -OCH3 is 1. The van der Waals surface area contributed by atoms with Gasteiger partial charge in [0.25, 0.3) is 0 Å². The summed E-state index contributed by atoms with van der Waals surface area (Å²) in [4.78, 5) is 11.9. The van der Waals surface area contributed by atoms with Crippen LogP contribution in [0.2, 0.25) is 0 Å². The first-order chi connectivity index (χ1) is 8.29. The highest BCUT2D eigenvalue weighted by Crippen LogP contribution is 2.17. The van der Waals surface area contributed by atoms with E-state index < -0.39 is 0 Å². The minimum absolute atomic E-state index is 0.0888. The molecular formula is C13H18N2O2. The van der Waals surface area contributed by atoms with E-state index in [-0.39, 0.29) is 11.8 Å². The normalized spacial score (nSPS) is 19.7. The molecule has 1 saturated heterocycles. The second kappa shape index (κ2) is 5.68. The molecule has 1 aromatic rings. The summed E-state index contributed by atoms with van der Waals surface area (Å²) in [5.41, 5.74) is 0.821. The molecule has 1 heterocycles. The zero-order valence-corrected chi connectivity index (χ0v) is 10.0. The number of anilines is 1. The third-order valence-corrected chi connectivity index (χ3v) is 3.03. The Morgan fingerprint density at radius 3 is 2.76 bits per heavy atom. The summed E-state index contributed by atoms with van der Waals surface area (Å²) in [5, 5.41) is 6.17. The molecule has 2 rings (SSSR count). The predicted octanol–water partition coefficient (Wildman–Crippen LogP) is 1.63. The van der Waals surface area contributed by atoms with Crippen LogP contribution in [0.1, 0.15) is 12.8 Å². The molecule has 4 nitrogen and oxygen atoms in total. The number of nitrogens with one attached hydrogen (secondary N) is 2. The molecule has 1 atom stereocenters. The summed E-state index contributed by atoms with van der Waals surface area (Å²) in [6.07, 6.45) is 2.04. The Labute approximate surface area is 101 Å². The van der Waals surface area contributed by atoms with Crippen molar-refractivity contribution in [2.24, 2.45) is 5.92 Å². The fourth-order valence-corrected chi connectivity index (χ4v) is 1.99. The molecule has 17 heavy (non-hydrogen) atoms. The SMILES string of the molecule is COc1ccc(NC(=O)C2CCCNC2)cc1. The molecule has 1 aromatic carbocycles. The van der Waals surface area contributed by atoms with Crippen molar-refractivity contribution in [2.75, 3.05) is 25.5 Å². The van der Waals surface area contributed by atoms with Crippen LogP contribution in [0.5, 0.6) is 5.75 Å². The van der Waals surface area contributed by atoms with E-state index in [1.54, 1.807) is 7.11 Å². The highest BCUT2D eigenvalue weighted by molar-refractivity contribution is 5.92. The van der Waals surface area contributed by atoms with E-state index in [0.29, 0.717) is 0 Å². The topological polar surface area (TPSA) is 50.4 Å². The van der Waals surface area contributed by atoms with Crippen molar-refractivity contribution in [1.29, 1.82) is 0 Å². The average molecular weight is 234 g/mol. The molecule has 0 bridgehead atoms. The summed E-state index contributed by atoms with van der Waals surface area (Å²) >= 11 is 0. The lowest BCUT2D eigenvalue weighted by Crippen LogP contribution is -2.37. The third kappa shape index (κ3) is 3.20. The number of amides is 1. The van der Waals surface area contributed by atoms with Crippen molar-refractivity contribution < 1.29 is 9.53 Å². The van der Waals surface area contributed by atoms with E-state index in [0.717, 1.165) is 37.4 Å². The van der Waals surface area contributed by atoms with Gasteiger partial charge >= 0.3 is 0 Å². The van der Waals surface area contributed by atoms with Crippen molar-refractivity contribution in [3.05, 3.63) is 24.3 Å². The van der Waals surface area contributed by atoms with Crippen LogP contribution in [0.25, 0.3) is 0 Å². The van der Waals surface area contributed by atoms with Gasteiger partial charge in [-0.25, -0.2) is 0 Å². The lowest BCUT2D eigenvalue weighted by molar-refractivity contribution is -0.120. The molecule has 0 spiro atoms. The van der Waals surface area contributed by atoms with Crippen LogP contribution in [0.4, 0.5) is 5.69 Å². The van der Waals surface area contributed by atoms with E-state index in [2.05, 4.69) is 10.6 Å². The lowest BCUT2D eigenvalue weighted by atomic mass is 9.99. The molecule has 0 aromatic heterocycles. The molecule has 0 aliphatic carbocycles. The lowest BCUT2D eigenvalue weighted by Gasteiger charge is -2.21. The average Bonchev–Trinajstić information content (AvgIpc) is 2.40. The molecule has 1 aliphatic rings. The van der Waals surface area contributed by atoms with Crippen molar-refractivity contribution in [1.82, 2.24) is 5.32 Å². The van der Waals surface area contributed by atoms with E-state index in [1.807, 2.05) is 24.3 Å². The third-order valence-electron chi connectivity index (χ3n) is 3.03. The minimum Gasteiger partial charge on any atom is -0.497 e. The van der Waals surface area contributed by atoms with Crippen LogP contribution in [0.3, 0.4) is 0 Å². The Balaban J connectivity index is 1.92. The second-order valence-corrected chi connectivity index (χ2v) is 4.26. The van der Waals surface area contributed by atoms with Crippen LogP contribution in [0.15, 0.2) is 24.3 Å². The first kappa shape index (κ1) is 11.9. The largest absolute Gasteiger partial charge is 0.497 e. The van der Waals surface area contributed by atoms with E-state index in [4.69, 9.17) is 4.74 Å². The number of carbonyl (C=O) groups is 1. The molecule has 1 amide bonds. The van der Waals surface area contributed by atoms with Gasteiger partial charge < -0.3 is 15.4 Å².